The Labute approximate surface area is 158 Å². The molecular weight excluding hydrogens is 354 g/mol. The molecular formula is C19H22ClN3O3. The molecule has 1 heterocycles. The predicted molar refractivity (Wildman–Crippen MR) is 102 cm³/mol. The first-order valence-electron chi connectivity index (χ1n) is 8.24. The first-order valence-corrected chi connectivity index (χ1v) is 8.62. The van der Waals surface area contributed by atoms with Crippen molar-refractivity contribution in [3.8, 4) is 5.88 Å². The number of para-hydroxylation sites is 1. The number of anilines is 1. The zero-order valence-electron chi connectivity index (χ0n) is 15.3. The minimum Gasteiger partial charge on any atom is -0.478 e. The van der Waals surface area contributed by atoms with E-state index in [0.29, 0.717) is 12.5 Å². The molecule has 1 aromatic heterocycles. The fourth-order valence-corrected chi connectivity index (χ4v) is 2.65. The molecule has 2 amide bonds. The van der Waals surface area contributed by atoms with Crippen molar-refractivity contribution >= 4 is 29.1 Å². The summed E-state index contributed by atoms with van der Waals surface area (Å²) in [5.74, 6) is -0.433. The first-order chi connectivity index (χ1) is 12.3. The lowest BCUT2D eigenvalue weighted by Gasteiger charge is -2.18. The average molecular weight is 376 g/mol. The summed E-state index contributed by atoms with van der Waals surface area (Å²) in [6.45, 7) is 5.96. The number of nitrogens with zero attached hydrogens (tertiary/aromatic N) is 2. The first kappa shape index (κ1) is 19.7. The van der Waals surface area contributed by atoms with E-state index in [4.69, 9.17) is 16.3 Å². The van der Waals surface area contributed by atoms with Crippen LogP contribution in [0.5, 0.6) is 5.88 Å². The molecule has 0 saturated carbocycles. The fourth-order valence-electron chi connectivity index (χ4n) is 2.46. The molecule has 2 rings (SSSR count). The molecule has 1 aromatic carbocycles. The Kier molecular flexibility index (Phi) is 6.58. The third-order valence-corrected chi connectivity index (χ3v) is 4.09. The molecule has 0 spiro atoms. The normalized spacial score (nSPS) is 10.3. The summed E-state index contributed by atoms with van der Waals surface area (Å²) in [5, 5.41) is 3.06. The van der Waals surface area contributed by atoms with Gasteiger partial charge in [-0.1, -0.05) is 29.8 Å². The molecule has 0 aliphatic rings. The third-order valence-electron chi connectivity index (χ3n) is 3.79. The Hall–Kier alpha value is -2.60. The number of amides is 2. The predicted octanol–water partition coefficient (Wildman–Crippen LogP) is 3.46. The van der Waals surface area contributed by atoms with Crippen LogP contribution in [0.4, 0.5) is 5.69 Å². The minimum atomic E-state index is -0.451. The summed E-state index contributed by atoms with van der Waals surface area (Å²) in [6, 6.07) is 8.91. The Morgan fingerprint density at radius 2 is 1.85 bits per heavy atom. The number of pyridine rings is 1. The van der Waals surface area contributed by atoms with Gasteiger partial charge in [-0.2, -0.15) is 0 Å². The fraction of sp³-hybridized carbons (Fsp3) is 0.316. The summed E-state index contributed by atoms with van der Waals surface area (Å²) in [6.07, 6.45) is 0. The standard InChI is InChI=1S/C19H22ClN3O3/c1-5-26-16-10-9-14(20)18(22-16)19(25)23(4)11-15(24)21-17-12(2)7-6-8-13(17)3/h6-10H,5,11H2,1-4H3,(H,21,24). The molecule has 0 bridgehead atoms. The van der Waals surface area contributed by atoms with E-state index < -0.39 is 5.91 Å². The summed E-state index contributed by atoms with van der Waals surface area (Å²) in [7, 11) is 1.53. The van der Waals surface area contributed by atoms with Gasteiger partial charge in [0, 0.05) is 18.8 Å². The van der Waals surface area contributed by atoms with Crippen LogP contribution in [0.2, 0.25) is 5.02 Å². The average Bonchev–Trinajstić information content (AvgIpc) is 2.59. The molecule has 0 aliphatic carbocycles. The summed E-state index contributed by atoms with van der Waals surface area (Å²) in [5.41, 5.74) is 2.73. The van der Waals surface area contributed by atoms with Gasteiger partial charge in [-0.15, -0.1) is 0 Å². The minimum absolute atomic E-state index is 0.0555. The van der Waals surface area contributed by atoms with E-state index in [1.165, 1.54) is 11.9 Å². The summed E-state index contributed by atoms with van der Waals surface area (Å²) >= 11 is 6.08. The monoisotopic (exact) mass is 375 g/mol. The molecule has 0 radical (unpaired) electrons. The summed E-state index contributed by atoms with van der Waals surface area (Å²) in [4.78, 5) is 30.3. The second kappa shape index (κ2) is 8.67. The van der Waals surface area contributed by atoms with Crippen molar-refractivity contribution in [2.24, 2.45) is 0 Å². The number of ether oxygens (including phenoxy) is 1. The Morgan fingerprint density at radius 1 is 1.19 bits per heavy atom. The number of rotatable bonds is 6. The molecule has 1 N–H and O–H groups in total. The van der Waals surface area contributed by atoms with Gasteiger partial charge in [0.05, 0.1) is 18.2 Å². The number of aromatic nitrogens is 1. The van der Waals surface area contributed by atoms with Crippen molar-refractivity contribution < 1.29 is 14.3 Å². The van der Waals surface area contributed by atoms with E-state index in [-0.39, 0.29) is 23.2 Å². The van der Waals surface area contributed by atoms with E-state index in [2.05, 4.69) is 10.3 Å². The molecule has 0 atom stereocenters. The molecule has 0 fully saturated rings. The van der Waals surface area contributed by atoms with Gasteiger partial charge < -0.3 is 15.0 Å². The van der Waals surface area contributed by atoms with Gasteiger partial charge in [-0.3, -0.25) is 9.59 Å². The second-order valence-corrected chi connectivity index (χ2v) is 6.30. The number of benzene rings is 1. The van der Waals surface area contributed by atoms with Gasteiger partial charge in [0.1, 0.15) is 0 Å². The van der Waals surface area contributed by atoms with Crippen LogP contribution in [0.3, 0.4) is 0 Å². The number of likely N-dealkylation sites (N-methyl/N-ethyl adjacent to an activating group) is 1. The van der Waals surface area contributed by atoms with Crippen molar-refractivity contribution in [1.82, 2.24) is 9.88 Å². The molecule has 26 heavy (non-hydrogen) atoms. The third kappa shape index (κ3) is 4.73. The van der Waals surface area contributed by atoms with E-state index in [0.717, 1.165) is 16.8 Å². The van der Waals surface area contributed by atoms with E-state index in [1.54, 1.807) is 12.1 Å². The van der Waals surface area contributed by atoms with E-state index >= 15 is 0 Å². The topological polar surface area (TPSA) is 71.5 Å². The Balaban J connectivity index is 2.09. The maximum atomic E-state index is 12.6. The SMILES string of the molecule is CCOc1ccc(Cl)c(C(=O)N(C)CC(=O)Nc2c(C)cccc2C)n1. The van der Waals surface area contributed by atoms with Crippen LogP contribution in [0, 0.1) is 13.8 Å². The van der Waals surface area contributed by atoms with Gasteiger partial charge >= 0.3 is 0 Å². The highest BCUT2D eigenvalue weighted by atomic mass is 35.5. The molecule has 6 nitrogen and oxygen atoms in total. The largest absolute Gasteiger partial charge is 0.478 e. The van der Waals surface area contributed by atoms with Gasteiger partial charge in [0.2, 0.25) is 11.8 Å². The van der Waals surface area contributed by atoms with Gasteiger partial charge in [0.15, 0.2) is 5.69 Å². The summed E-state index contributed by atoms with van der Waals surface area (Å²) < 4.78 is 5.30. The van der Waals surface area contributed by atoms with Crippen LogP contribution in [-0.4, -0.2) is 41.9 Å². The van der Waals surface area contributed by atoms with Gasteiger partial charge in [-0.25, -0.2) is 4.98 Å². The van der Waals surface area contributed by atoms with Crippen LogP contribution in [0.1, 0.15) is 28.5 Å². The van der Waals surface area contributed by atoms with Crippen molar-refractivity contribution in [2.75, 3.05) is 25.5 Å². The second-order valence-electron chi connectivity index (χ2n) is 5.89. The van der Waals surface area contributed by atoms with Crippen molar-refractivity contribution in [3.63, 3.8) is 0 Å². The maximum absolute atomic E-state index is 12.6. The smallest absolute Gasteiger partial charge is 0.274 e. The highest BCUT2D eigenvalue weighted by Gasteiger charge is 2.20. The van der Waals surface area contributed by atoms with Crippen LogP contribution in [-0.2, 0) is 4.79 Å². The highest BCUT2D eigenvalue weighted by molar-refractivity contribution is 6.33. The number of nitrogens with one attached hydrogen (secondary N) is 1. The van der Waals surface area contributed by atoms with Crippen LogP contribution >= 0.6 is 11.6 Å². The van der Waals surface area contributed by atoms with E-state index in [9.17, 15) is 9.59 Å². The lowest BCUT2D eigenvalue weighted by atomic mass is 10.1. The maximum Gasteiger partial charge on any atom is 0.274 e. The molecule has 0 unspecified atom stereocenters. The van der Waals surface area contributed by atoms with Crippen molar-refractivity contribution in [1.29, 1.82) is 0 Å². The number of carbonyl (C=O) groups excluding carboxylic acids is 2. The molecule has 2 aromatic rings. The quantitative estimate of drug-likeness (QED) is 0.839. The molecule has 138 valence electrons. The zero-order valence-corrected chi connectivity index (χ0v) is 16.1. The number of aryl methyl sites for hydroxylation is 2. The van der Waals surface area contributed by atoms with Crippen LogP contribution < -0.4 is 10.1 Å². The van der Waals surface area contributed by atoms with Gasteiger partial charge in [0.25, 0.3) is 5.91 Å². The van der Waals surface area contributed by atoms with Crippen molar-refractivity contribution in [2.45, 2.75) is 20.8 Å². The number of carbonyl (C=O) groups is 2. The number of hydrogen-bond donors (Lipinski definition) is 1. The molecule has 7 heteroatoms. The lowest BCUT2D eigenvalue weighted by molar-refractivity contribution is -0.116. The Bertz CT molecular complexity index is 803. The number of halogens is 1. The lowest BCUT2D eigenvalue weighted by Crippen LogP contribution is -2.35. The van der Waals surface area contributed by atoms with Crippen LogP contribution in [0.25, 0.3) is 0 Å². The Morgan fingerprint density at radius 3 is 2.46 bits per heavy atom. The van der Waals surface area contributed by atoms with Crippen molar-refractivity contribution in [3.05, 3.63) is 52.2 Å². The zero-order chi connectivity index (χ0) is 19.3. The highest BCUT2D eigenvalue weighted by Crippen LogP contribution is 2.21. The van der Waals surface area contributed by atoms with Gasteiger partial charge in [-0.05, 0) is 38.0 Å². The van der Waals surface area contributed by atoms with Crippen LogP contribution in [0.15, 0.2) is 30.3 Å². The number of hydrogen-bond acceptors (Lipinski definition) is 4. The van der Waals surface area contributed by atoms with E-state index in [1.807, 2.05) is 39.0 Å². The molecule has 0 aliphatic heterocycles. The molecule has 0 saturated heterocycles.